The zero-order chi connectivity index (χ0) is 15.8. The molecule has 2 N–H and O–H groups in total. The van der Waals surface area contributed by atoms with Crippen molar-refractivity contribution in [3.63, 3.8) is 0 Å². The highest BCUT2D eigenvalue weighted by Gasteiger charge is 2.36. The van der Waals surface area contributed by atoms with Crippen molar-refractivity contribution in [1.29, 1.82) is 0 Å². The van der Waals surface area contributed by atoms with E-state index in [9.17, 15) is 13.2 Å². The van der Waals surface area contributed by atoms with Gasteiger partial charge in [0.2, 0.25) is 5.91 Å². The standard InChI is InChI=1S/C14H21N3O3S/c1-10-13(18)15-12-8-6-5-7-11(12)9-17(10)21(19,20)16-14(2,3)4/h5-8,10,16H,9H2,1-4H3,(H,15,18). The Morgan fingerprint density at radius 3 is 2.52 bits per heavy atom. The molecule has 7 heteroatoms. The molecule has 1 atom stereocenters. The molecule has 0 radical (unpaired) electrons. The van der Waals surface area contributed by atoms with E-state index in [-0.39, 0.29) is 12.5 Å². The SMILES string of the molecule is CC1C(=O)Nc2ccccc2CN1S(=O)(=O)NC(C)(C)C. The number of anilines is 1. The third-order valence-electron chi connectivity index (χ3n) is 3.16. The van der Waals surface area contributed by atoms with Crippen molar-refractivity contribution in [2.24, 2.45) is 0 Å². The van der Waals surface area contributed by atoms with E-state index in [2.05, 4.69) is 10.0 Å². The number of carbonyl (C=O) groups excluding carboxylic acids is 1. The number of carbonyl (C=O) groups is 1. The van der Waals surface area contributed by atoms with Crippen LogP contribution in [-0.4, -0.2) is 30.2 Å². The number of hydrogen-bond donors (Lipinski definition) is 2. The zero-order valence-electron chi connectivity index (χ0n) is 12.7. The second-order valence-electron chi connectivity index (χ2n) is 6.22. The Labute approximate surface area is 125 Å². The zero-order valence-corrected chi connectivity index (χ0v) is 13.5. The monoisotopic (exact) mass is 311 g/mol. The van der Waals surface area contributed by atoms with E-state index in [4.69, 9.17) is 0 Å². The average Bonchev–Trinajstić information content (AvgIpc) is 2.45. The van der Waals surface area contributed by atoms with Gasteiger partial charge in [-0.25, -0.2) is 0 Å². The highest BCUT2D eigenvalue weighted by Crippen LogP contribution is 2.25. The van der Waals surface area contributed by atoms with E-state index in [1.165, 1.54) is 4.31 Å². The first-order valence-corrected chi connectivity index (χ1v) is 8.24. The van der Waals surface area contributed by atoms with Crippen LogP contribution in [0.2, 0.25) is 0 Å². The van der Waals surface area contributed by atoms with Gasteiger partial charge >= 0.3 is 0 Å². The Kier molecular flexibility index (Phi) is 4.10. The van der Waals surface area contributed by atoms with Crippen molar-refractivity contribution in [2.75, 3.05) is 5.32 Å². The highest BCUT2D eigenvalue weighted by molar-refractivity contribution is 7.87. The third-order valence-corrected chi connectivity index (χ3v) is 5.09. The predicted molar refractivity (Wildman–Crippen MR) is 81.9 cm³/mol. The summed E-state index contributed by atoms with van der Waals surface area (Å²) in [5, 5.41) is 2.76. The number of hydrogen-bond acceptors (Lipinski definition) is 3. The minimum Gasteiger partial charge on any atom is -0.324 e. The van der Waals surface area contributed by atoms with E-state index < -0.39 is 21.8 Å². The average molecular weight is 311 g/mol. The fourth-order valence-electron chi connectivity index (χ4n) is 2.19. The predicted octanol–water partition coefficient (Wildman–Crippen LogP) is 1.46. The first-order chi connectivity index (χ1) is 9.60. The van der Waals surface area contributed by atoms with E-state index >= 15 is 0 Å². The lowest BCUT2D eigenvalue weighted by atomic mass is 10.1. The first-order valence-electron chi connectivity index (χ1n) is 6.80. The smallest absolute Gasteiger partial charge is 0.280 e. The largest absolute Gasteiger partial charge is 0.324 e. The summed E-state index contributed by atoms with van der Waals surface area (Å²) in [6.07, 6.45) is 0. The van der Waals surface area contributed by atoms with Crippen LogP contribution in [0.25, 0.3) is 0 Å². The first kappa shape index (κ1) is 15.9. The quantitative estimate of drug-likeness (QED) is 0.868. The van der Waals surface area contributed by atoms with Crippen LogP contribution in [0.1, 0.15) is 33.3 Å². The van der Waals surface area contributed by atoms with Gasteiger partial charge in [-0.1, -0.05) is 18.2 Å². The summed E-state index contributed by atoms with van der Waals surface area (Å²) in [4.78, 5) is 12.2. The minimum atomic E-state index is -3.77. The fourth-order valence-corrected chi connectivity index (χ4v) is 3.90. The van der Waals surface area contributed by atoms with E-state index in [0.717, 1.165) is 5.56 Å². The fraction of sp³-hybridized carbons (Fsp3) is 0.500. The number of benzene rings is 1. The van der Waals surface area contributed by atoms with Crippen LogP contribution in [0.3, 0.4) is 0 Å². The molecule has 0 aromatic heterocycles. The van der Waals surface area contributed by atoms with Gasteiger partial charge in [0.15, 0.2) is 0 Å². The molecule has 1 heterocycles. The Morgan fingerprint density at radius 1 is 1.29 bits per heavy atom. The molecule has 1 aromatic rings. The molecule has 1 aliphatic rings. The van der Waals surface area contributed by atoms with Crippen molar-refractivity contribution in [3.05, 3.63) is 29.8 Å². The van der Waals surface area contributed by atoms with Gasteiger partial charge < -0.3 is 5.32 Å². The van der Waals surface area contributed by atoms with Crippen molar-refractivity contribution in [1.82, 2.24) is 9.03 Å². The Morgan fingerprint density at radius 2 is 1.90 bits per heavy atom. The molecule has 6 nitrogen and oxygen atoms in total. The molecule has 1 unspecified atom stereocenters. The lowest BCUT2D eigenvalue weighted by Crippen LogP contribution is -2.53. The number of para-hydroxylation sites is 1. The summed E-state index contributed by atoms with van der Waals surface area (Å²) < 4.78 is 28.9. The van der Waals surface area contributed by atoms with Crippen LogP contribution in [0, 0.1) is 0 Å². The van der Waals surface area contributed by atoms with Crippen molar-refractivity contribution < 1.29 is 13.2 Å². The number of nitrogens with zero attached hydrogens (tertiary/aromatic N) is 1. The molecule has 1 amide bonds. The van der Waals surface area contributed by atoms with Gasteiger partial charge in [-0.05, 0) is 39.3 Å². The summed E-state index contributed by atoms with van der Waals surface area (Å²) in [6, 6.07) is 6.43. The maximum Gasteiger partial charge on any atom is 0.280 e. The summed E-state index contributed by atoms with van der Waals surface area (Å²) in [7, 11) is -3.77. The summed E-state index contributed by atoms with van der Waals surface area (Å²) in [6.45, 7) is 7.04. The maximum absolute atomic E-state index is 12.6. The molecule has 21 heavy (non-hydrogen) atoms. The summed E-state index contributed by atoms with van der Waals surface area (Å²) in [5.74, 6) is -0.334. The van der Waals surface area contributed by atoms with E-state index in [0.29, 0.717) is 5.69 Å². The molecule has 116 valence electrons. The van der Waals surface area contributed by atoms with Crippen molar-refractivity contribution in [3.8, 4) is 0 Å². The lowest BCUT2D eigenvalue weighted by molar-refractivity contribution is -0.119. The summed E-state index contributed by atoms with van der Waals surface area (Å²) >= 11 is 0. The molecule has 0 bridgehead atoms. The molecular weight excluding hydrogens is 290 g/mol. The van der Waals surface area contributed by atoms with Gasteiger partial charge in [0.1, 0.15) is 6.04 Å². The van der Waals surface area contributed by atoms with Crippen molar-refractivity contribution >= 4 is 21.8 Å². The normalized spacial score (nSPS) is 20.6. The Hall–Kier alpha value is -1.44. The van der Waals surface area contributed by atoms with Crippen molar-refractivity contribution in [2.45, 2.75) is 45.8 Å². The van der Waals surface area contributed by atoms with Gasteiger partial charge in [0, 0.05) is 17.8 Å². The van der Waals surface area contributed by atoms with Gasteiger partial charge in [-0.15, -0.1) is 0 Å². The van der Waals surface area contributed by atoms with Crippen LogP contribution in [0.5, 0.6) is 0 Å². The van der Waals surface area contributed by atoms with Crippen LogP contribution >= 0.6 is 0 Å². The summed E-state index contributed by atoms with van der Waals surface area (Å²) in [5.41, 5.74) is 0.818. The molecule has 1 aromatic carbocycles. The molecule has 0 spiro atoms. The van der Waals surface area contributed by atoms with Gasteiger partial charge in [0.25, 0.3) is 10.2 Å². The molecular formula is C14H21N3O3S. The molecule has 0 saturated heterocycles. The molecule has 1 aliphatic heterocycles. The van der Waals surface area contributed by atoms with E-state index in [1.54, 1.807) is 39.8 Å². The second-order valence-corrected chi connectivity index (χ2v) is 7.85. The molecule has 2 rings (SSSR count). The number of rotatable bonds is 2. The number of amides is 1. The van der Waals surface area contributed by atoms with Gasteiger partial charge in [-0.2, -0.15) is 17.4 Å². The Bertz CT molecular complexity index is 650. The number of nitrogens with one attached hydrogen (secondary N) is 2. The maximum atomic E-state index is 12.6. The number of fused-ring (bicyclic) bond motifs is 1. The topological polar surface area (TPSA) is 78.5 Å². The highest BCUT2D eigenvalue weighted by atomic mass is 32.2. The van der Waals surface area contributed by atoms with Crippen LogP contribution < -0.4 is 10.0 Å². The van der Waals surface area contributed by atoms with Crippen LogP contribution in [0.15, 0.2) is 24.3 Å². The Balaban J connectivity index is 2.41. The van der Waals surface area contributed by atoms with Gasteiger partial charge in [0.05, 0.1) is 0 Å². The van der Waals surface area contributed by atoms with Crippen LogP contribution in [-0.2, 0) is 21.5 Å². The lowest BCUT2D eigenvalue weighted by Gasteiger charge is -2.29. The molecule has 0 aliphatic carbocycles. The molecule has 0 fully saturated rings. The van der Waals surface area contributed by atoms with E-state index in [1.807, 2.05) is 12.1 Å². The second kappa shape index (κ2) is 5.40. The third kappa shape index (κ3) is 3.61. The van der Waals surface area contributed by atoms with Crippen LogP contribution in [0.4, 0.5) is 5.69 Å². The minimum absolute atomic E-state index is 0.154. The molecule has 0 saturated carbocycles. The van der Waals surface area contributed by atoms with Gasteiger partial charge in [-0.3, -0.25) is 4.79 Å².